The number of rotatable bonds is 6. The zero-order valence-electron chi connectivity index (χ0n) is 15.7. The molecule has 0 saturated heterocycles. The molecule has 1 atom stereocenters. The SMILES string of the molecule is Cc1ccc(Nc2nnc(SC(C)C(=O)Nc3ccc(F)c(F)c3F)s2)cc1C. The first-order chi connectivity index (χ1) is 13.7. The molecule has 0 saturated carbocycles. The van der Waals surface area contributed by atoms with Crippen molar-refractivity contribution in [3.8, 4) is 0 Å². The van der Waals surface area contributed by atoms with Crippen molar-refractivity contribution in [2.75, 3.05) is 10.6 Å². The lowest BCUT2D eigenvalue weighted by atomic mass is 10.1. The number of aromatic nitrogens is 2. The Labute approximate surface area is 173 Å². The Hall–Kier alpha value is -2.59. The third-order valence-electron chi connectivity index (χ3n) is 4.10. The topological polar surface area (TPSA) is 66.9 Å². The standard InChI is InChI=1S/C19H17F3N4OS2/c1-9-4-5-12(8-10(9)2)23-18-25-26-19(29-18)28-11(3)17(27)24-14-7-6-13(20)15(21)16(14)22/h4-8,11H,1-3H3,(H,23,25)(H,24,27). The second-order valence-electron chi connectivity index (χ2n) is 6.27. The molecule has 0 aliphatic rings. The van der Waals surface area contributed by atoms with Crippen molar-refractivity contribution in [3.05, 3.63) is 58.9 Å². The van der Waals surface area contributed by atoms with Crippen molar-refractivity contribution in [2.45, 2.75) is 30.4 Å². The number of anilines is 3. The van der Waals surface area contributed by atoms with Crippen LogP contribution in [-0.4, -0.2) is 21.4 Å². The van der Waals surface area contributed by atoms with Crippen LogP contribution in [0.15, 0.2) is 34.7 Å². The summed E-state index contributed by atoms with van der Waals surface area (Å²) in [6.07, 6.45) is 0. The summed E-state index contributed by atoms with van der Waals surface area (Å²) in [5, 5.41) is 13.4. The third kappa shape index (κ3) is 5.07. The zero-order chi connectivity index (χ0) is 21.1. The van der Waals surface area contributed by atoms with Crippen molar-refractivity contribution >= 4 is 45.5 Å². The number of amides is 1. The van der Waals surface area contributed by atoms with Crippen LogP contribution in [0.1, 0.15) is 18.1 Å². The van der Waals surface area contributed by atoms with Gasteiger partial charge in [-0.25, -0.2) is 13.2 Å². The smallest absolute Gasteiger partial charge is 0.237 e. The molecule has 1 amide bonds. The number of hydrogen-bond acceptors (Lipinski definition) is 6. The van der Waals surface area contributed by atoms with E-state index in [1.807, 2.05) is 32.0 Å². The van der Waals surface area contributed by atoms with Crippen LogP contribution in [0.3, 0.4) is 0 Å². The fraction of sp³-hybridized carbons (Fsp3) is 0.211. The molecule has 1 unspecified atom stereocenters. The van der Waals surface area contributed by atoms with Crippen LogP contribution in [-0.2, 0) is 4.79 Å². The highest BCUT2D eigenvalue weighted by molar-refractivity contribution is 8.02. The molecule has 0 aliphatic carbocycles. The molecule has 0 bridgehead atoms. The number of thioether (sulfide) groups is 1. The van der Waals surface area contributed by atoms with Gasteiger partial charge in [-0.05, 0) is 56.2 Å². The maximum absolute atomic E-state index is 13.7. The third-order valence-corrected chi connectivity index (χ3v) is 6.13. The number of aryl methyl sites for hydroxylation is 2. The van der Waals surface area contributed by atoms with Gasteiger partial charge in [-0.1, -0.05) is 29.2 Å². The lowest BCUT2D eigenvalue weighted by Crippen LogP contribution is -2.23. The van der Waals surface area contributed by atoms with E-state index in [0.29, 0.717) is 9.47 Å². The van der Waals surface area contributed by atoms with Crippen molar-refractivity contribution in [3.63, 3.8) is 0 Å². The first-order valence-corrected chi connectivity index (χ1v) is 10.2. The van der Waals surface area contributed by atoms with Crippen LogP contribution < -0.4 is 10.6 Å². The summed E-state index contributed by atoms with van der Waals surface area (Å²) in [7, 11) is 0. The second-order valence-corrected chi connectivity index (χ2v) is 8.83. The Morgan fingerprint density at radius 1 is 1.07 bits per heavy atom. The van der Waals surface area contributed by atoms with Crippen LogP contribution >= 0.6 is 23.1 Å². The Morgan fingerprint density at radius 3 is 2.55 bits per heavy atom. The summed E-state index contributed by atoms with van der Waals surface area (Å²) in [5.41, 5.74) is 2.78. The highest BCUT2D eigenvalue weighted by atomic mass is 32.2. The lowest BCUT2D eigenvalue weighted by Gasteiger charge is -2.11. The van der Waals surface area contributed by atoms with Gasteiger partial charge in [0.1, 0.15) is 0 Å². The number of benzene rings is 2. The minimum atomic E-state index is -1.63. The molecule has 0 radical (unpaired) electrons. The van der Waals surface area contributed by atoms with E-state index in [0.717, 1.165) is 35.1 Å². The van der Waals surface area contributed by atoms with Gasteiger partial charge in [0.25, 0.3) is 0 Å². The van der Waals surface area contributed by atoms with Gasteiger partial charge in [-0.15, -0.1) is 10.2 Å². The average Bonchev–Trinajstić information content (AvgIpc) is 3.11. The van der Waals surface area contributed by atoms with Crippen LogP contribution in [0.5, 0.6) is 0 Å². The van der Waals surface area contributed by atoms with E-state index >= 15 is 0 Å². The lowest BCUT2D eigenvalue weighted by molar-refractivity contribution is -0.115. The predicted molar refractivity (Wildman–Crippen MR) is 109 cm³/mol. The molecule has 10 heteroatoms. The summed E-state index contributed by atoms with van der Waals surface area (Å²) in [6, 6.07) is 7.65. The molecule has 3 rings (SSSR count). The summed E-state index contributed by atoms with van der Waals surface area (Å²) in [4.78, 5) is 12.3. The molecule has 5 nitrogen and oxygen atoms in total. The van der Waals surface area contributed by atoms with Gasteiger partial charge < -0.3 is 10.6 Å². The van der Waals surface area contributed by atoms with E-state index in [1.165, 1.54) is 16.9 Å². The van der Waals surface area contributed by atoms with Gasteiger partial charge in [0.05, 0.1) is 10.9 Å². The molecule has 1 heterocycles. The fourth-order valence-electron chi connectivity index (χ4n) is 2.31. The van der Waals surface area contributed by atoms with Gasteiger partial charge in [0.15, 0.2) is 21.8 Å². The van der Waals surface area contributed by atoms with E-state index in [9.17, 15) is 18.0 Å². The zero-order valence-corrected chi connectivity index (χ0v) is 17.4. The molecule has 0 spiro atoms. The average molecular weight is 439 g/mol. The van der Waals surface area contributed by atoms with E-state index in [-0.39, 0.29) is 0 Å². The highest BCUT2D eigenvalue weighted by Crippen LogP contribution is 2.31. The largest absolute Gasteiger partial charge is 0.330 e. The van der Waals surface area contributed by atoms with Gasteiger partial charge in [0.2, 0.25) is 11.0 Å². The molecule has 2 aromatic carbocycles. The number of carbonyl (C=O) groups excluding carboxylic acids is 1. The number of carbonyl (C=O) groups is 1. The predicted octanol–water partition coefficient (Wildman–Crippen LogP) is 5.44. The van der Waals surface area contributed by atoms with Crippen molar-refractivity contribution in [1.82, 2.24) is 10.2 Å². The van der Waals surface area contributed by atoms with Crippen LogP contribution in [0, 0.1) is 31.3 Å². The van der Waals surface area contributed by atoms with Crippen molar-refractivity contribution in [2.24, 2.45) is 0 Å². The molecule has 0 aliphatic heterocycles. The van der Waals surface area contributed by atoms with Crippen LogP contribution in [0.2, 0.25) is 0 Å². The number of hydrogen-bond donors (Lipinski definition) is 2. The molecule has 1 aromatic heterocycles. The quantitative estimate of drug-likeness (QED) is 0.397. The molecule has 2 N–H and O–H groups in total. The van der Waals surface area contributed by atoms with Crippen LogP contribution in [0.4, 0.5) is 29.7 Å². The first kappa shape index (κ1) is 21.1. The minimum absolute atomic E-state index is 0.421. The van der Waals surface area contributed by atoms with Gasteiger partial charge >= 0.3 is 0 Å². The Bertz CT molecular complexity index is 1060. The fourth-order valence-corrected chi connectivity index (χ4v) is 4.23. The number of halogens is 3. The minimum Gasteiger partial charge on any atom is -0.330 e. The normalized spacial score (nSPS) is 11.9. The summed E-state index contributed by atoms with van der Waals surface area (Å²) >= 11 is 2.39. The van der Waals surface area contributed by atoms with E-state index in [4.69, 9.17) is 0 Å². The molecule has 0 fully saturated rings. The summed E-state index contributed by atoms with van der Waals surface area (Å²) in [6.45, 7) is 5.63. The first-order valence-electron chi connectivity index (χ1n) is 8.53. The molecule has 3 aromatic rings. The monoisotopic (exact) mass is 438 g/mol. The molecule has 152 valence electrons. The molecular weight excluding hydrogens is 421 g/mol. The van der Waals surface area contributed by atoms with E-state index in [1.54, 1.807) is 6.92 Å². The van der Waals surface area contributed by atoms with Crippen molar-refractivity contribution < 1.29 is 18.0 Å². The number of nitrogens with one attached hydrogen (secondary N) is 2. The van der Waals surface area contributed by atoms with Gasteiger partial charge in [0, 0.05) is 5.69 Å². The maximum Gasteiger partial charge on any atom is 0.237 e. The maximum atomic E-state index is 13.7. The van der Waals surface area contributed by atoms with Crippen molar-refractivity contribution in [1.29, 1.82) is 0 Å². The summed E-state index contributed by atoms with van der Waals surface area (Å²) < 4.78 is 40.5. The highest BCUT2D eigenvalue weighted by Gasteiger charge is 2.21. The van der Waals surface area contributed by atoms with E-state index in [2.05, 4.69) is 20.8 Å². The molecule has 29 heavy (non-hydrogen) atoms. The molecular formula is C19H17F3N4OS2. The van der Waals surface area contributed by atoms with Gasteiger partial charge in [-0.3, -0.25) is 4.79 Å². The second kappa shape index (κ2) is 8.83. The van der Waals surface area contributed by atoms with Gasteiger partial charge in [-0.2, -0.15) is 0 Å². The van der Waals surface area contributed by atoms with E-state index < -0.39 is 34.3 Å². The summed E-state index contributed by atoms with van der Waals surface area (Å²) in [5.74, 6) is -4.96. The van der Waals surface area contributed by atoms with Crippen LogP contribution in [0.25, 0.3) is 0 Å². The Kier molecular flexibility index (Phi) is 6.43. The Morgan fingerprint density at radius 2 is 1.83 bits per heavy atom. The Balaban J connectivity index is 1.62. The number of nitrogens with zero attached hydrogens (tertiary/aromatic N) is 2.